The molecule has 0 aliphatic rings. The summed E-state index contributed by atoms with van der Waals surface area (Å²) in [6.45, 7) is 4.21. The van der Waals surface area contributed by atoms with Crippen molar-refractivity contribution in [3.05, 3.63) is 139 Å². The fourth-order valence-corrected chi connectivity index (χ4v) is 5.66. The number of nitrogens with zero attached hydrogens (tertiary/aromatic N) is 3. The zero-order chi connectivity index (χ0) is 27.1. The van der Waals surface area contributed by atoms with Gasteiger partial charge >= 0.3 is 0 Å². The van der Waals surface area contributed by atoms with E-state index >= 15 is 0 Å². The van der Waals surface area contributed by atoms with Crippen molar-refractivity contribution in [1.82, 2.24) is 15.0 Å². The lowest BCUT2D eigenvalue weighted by molar-refractivity contribution is 1.07. The van der Waals surface area contributed by atoms with Gasteiger partial charge in [-0.2, -0.15) is 0 Å². The van der Waals surface area contributed by atoms with E-state index in [-0.39, 0.29) is 0 Å². The molecule has 0 atom stereocenters. The molecule has 7 aromatic rings. The Labute approximate surface area is 233 Å². The molecule has 7 rings (SSSR count). The predicted molar refractivity (Wildman–Crippen MR) is 166 cm³/mol. The van der Waals surface area contributed by atoms with Gasteiger partial charge in [0.15, 0.2) is 17.5 Å². The Morgan fingerprint density at radius 1 is 0.350 bits per heavy atom. The Morgan fingerprint density at radius 3 is 1.20 bits per heavy atom. The average Bonchev–Trinajstić information content (AvgIpc) is 3.00. The van der Waals surface area contributed by atoms with Gasteiger partial charge in [-0.3, -0.25) is 0 Å². The fourth-order valence-electron chi connectivity index (χ4n) is 5.66. The minimum absolute atomic E-state index is 0.679. The van der Waals surface area contributed by atoms with Gasteiger partial charge in [-0.1, -0.05) is 127 Å². The van der Waals surface area contributed by atoms with Crippen molar-refractivity contribution in [2.45, 2.75) is 13.8 Å². The van der Waals surface area contributed by atoms with E-state index in [1.54, 1.807) is 0 Å². The summed E-state index contributed by atoms with van der Waals surface area (Å²) >= 11 is 0. The molecule has 0 radical (unpaired) electrons. The lowest BCUT2D eigenvalue weighted by Gasteiger charge is -2.18. The quantitative estimate of drug-likeness (QED) is 0.220. The van der Waals surface area contributed by atoms with Crippen LogP contribution in [-0.4, -0.2) is 15.0 Å². The summed E-state index contributed by atoms with van der Waals surface area (Å²) in [7, 11) is 0. The van der Waals surface area contributed by atoms with Crippen LogP contribution in [0.25, 0.3) is 66.8 Å². The molecule has 190 valence electrons. The first-order chi connectivity index (χ1) is 19.7. The van der Waals surface area contributed by atoms with Gasteiger partial charge in [0.05, 0.1) is 0 Å². The Kier molecular flexibility index (Phi) is 5.90. The Hall–Kier alpha value is -5.15. The third-order valence-electron chi connectivity index (χ3n) is 7.62. The summed E-state index contributed by atoms with van der Waals surface area (Å²) in [4.78, 5) is 15.4. The maximum absolute atomic E-state index is 5.17. The van der Waals surface area contributed by atoms with Crippen LogP contribution in [0.2, 0.25) is 0 Å². The molecule has 0 spiro atoms. The van der Waals surface area contributed by atoms with Gasteiger partial charge in [0.25, 0.3) is 0 Å². The average molecular weight is 514 g/mol. The molecule has 1 aromatic heterocycles. The second-order valence-corrected chi connectivity index (χ2v) is 10.1. The zero-order valence-corrected chi connectivity index (χ0v) is 22.5. The largest absolute Gasteiger partial charge is 0.208 e. The van der Waals surface area contributed by atoms with Gasteiger partial charge in [0.1, 0.15) is 0 Å². The van der Waals surface area contributed by atoms with Gasteiger partial charge in [-0.15, -0.1) is 0 Å². The number of hydrogen-bond acceptors (Lipinski definition) is 3. The van der Waals surface area contributed by atoms with E-state index in [2.05, 4.69) is 117 Å². The molecular weight excluding hydrogens is 486 g/mol. The minimum atomic E-state index is 0.679. The number of aryl methyl sites for hydroxylation is 2. The summed E-state index contributed by atoms with van der Waals surface area (Å²) in [6, 6.07) is 44.4. The van der Waals surface area contributed by atoms with Crippen LogP contribution < -0.4 is 0 Å². The Balaban J connectivity index is 1.61. The molecule has 3 nitrogen and oxygen atoms in total. The Morgan fingerprint density at radius 2 is 0.725 bits per heavy atom. The molecule has 40 heavy (non-hydrogen) atoms. The van der Waals surface area contributed by atoms with Crippen LogP contribution in [-0.2, 0) is 0 Å². The highest BCUT2D eigenvalue weighted by Crippen LogP contribution is 2.43. The van der Waals surface area contributed by atoms with Crippen molar-refractivity contribution in [2.75, 3.05) is 0 Å². The van der Waals surface area contributed by atoms with Crippen LogP contribution in [0, 0.1) is 13.8 Å². The monoisotopic (exact) mass is 513 g/mol. The summed E-state index contributed by atoms with van der Waals surface area (Å²) in [5.41, 5.74) is 7.72. The fraction of sp³-hybridized carbons (Fsp3) is 0.0541. The molecule has 0 saturated carbocycles. The SMILES string of the molecule is Cc1ccccc1-c1nc(-c2ccccc2C)nc(-c2c3ccccc3c(-c3ccccc3)c3ccccc23)n1. The molecule has 0 N–H and O–H groups in total. The maximum atomic E-state index is 5.17. The van der Waals surface area contributed by atoms with Crippen molar-refractivity contribution in [3.63, 3.8) is 0 Å². The molecule has 6 aromatic carbocycles. The third-order valence-corrected chi connectivity index (χ3v) is 7.62. The smallest absolute Gasteiger partial charge is 0.165 e. The highest BCUT2D eigenvalue weighted by molar-refractivity contribution is 6.20. The molecule has 0 unspecified atom stereocenters. The molecule has 3 heteroatoms. The van der Waals surface area contributed by atoms with E-state index in [0.717, 1.165) is 38.6 Å². The van der Waals surface area contributed by atoms with Crippen LogP contribution in [0.4, 0.5) is 0 Å². The summed E-state index contributed by atoms with van der Waals surface area (Å²) < 4.78 is 0. The molecule has 0 bridgehead atoms. The molecule has 0 saturated heterocycles. The van der Waals surface area contributed by atoms with Gasteiger partial charge in [-0.25, -0.2) is 15.0 Å². The van der Waals surface area contributed by atoms with Gasteiger partial charge in [0, 0.05) is 16.7 Å². The van der Waals surface area contributed by atoms with E-state index in [1.165, 1.54) is 21.9 Å². The summed E-state index contributed by atoms with van der Waals surface area (Å²) in [5.74, 6) is 2.04. The second-order valence-electron chi connectivity index (χ2n) is 10.1. The maximum Gasteiger partial charge on any atom is 0.165 e. The standard InChI is InChI=1S/C37H27N3/c1-24-14-6-8-18-27(24)35-38-36(28-19-9-7-15-25(28)2)40-37(39-35)34-31-22-12-10-20-29(31)33(26-16-4-3-5-17-26)30-21-11-13-23-32(30)34/h3-23H,1-2H3. The van der Waals surface area contributed by atoms with Crippen LogP contribution >= 0.6 is 0 Å². The first-order valence-electron chi connectivity index (χ1n) is 13.6. The topological polar surface area (TPSA) is 38.7 Å². The summed E-state index contributed by atoms with van der Waals surface area (Å²) in [6.07, 6.45) is 0. The van der Waals surface area contributed by atoms with Crippen LogP contribution in [0.5, 0.6) is 0 Å². The van der Waals surface area contributed by atoms with Gasteiger partial charge in [-0.05, 0) is 57.6 Å². The minimum Gasteiger partial charge on any atom is -0.208 e. The predicted octanol–water partition coefficient (Wildman–Crippen LogP) is 9.46. The van der Waals surface area contributed by atoms with Crippen molar-refractivity contribution < 1.29 is 0 Å². The van der Waals surface area contributed by atoms with Crippen LogP contribution in [0.15, 0.2) is 127 Å². The molecule has 0 aliphatic carbocycles. The molecule has 0 fully saturated rings. The first kappa shape index (κ1) is 23.9. The number of benzene rings is 6. The number of rotatable bonds is 4. The van der Waals surface area contributed by atoms with Gasteiger partial charge in [0.2, 0.25) is 0 Å². The first-order valence-corrected chi connectivity index (χ1v) is 13.6. The number of fused-ring (bicyclic) bond motifs is 2. The highest BCUT2D eigenvalue weighted by Gasteiger charge is 2.21. The number of aromatic nitrogens is 3. The van der Waals surface area contributed by atoms with E-state index in [9.17, 15) is 0 Å². The van der Waals surface area contributed by atoms with Crippen LogP contribution in [0.1, 0.15) is 11.1 Å². The zero-order valence-electron chi connectivity index (χ0n) is 22.5. The molecular formula is C37H27N3. The summed E-state index contributed by atoms with van der Waals surface area (Å²) in [5, 5.41) is 4.60. The highest BCUT2D eigenvalue weighted by atomic mass is 15.0. The lowest BCUT2D eigenvalue weighted by Crippen LogP contribution is -2.03. The van der Waals surface area contributed by atoms with Crippen molar-refractivity contribution >= 4 is 21.5 Å². The van der Waals surface area contributed by atoms with E-state index in [4.69, 9.17) is 15.0 Å². The number of hydrogen-bond donors (Lipinski definition) is 0. The lowest BCUT2D eigenvalue weighted by atomic mass is 9.88. The van der Waals surface area contributed by atoms with E-state index in [1.807, 2.05) is 24.3 Å². The molecule has 0 amide bonds. The second kappa shape index (κ2) is 9.87. The van der Waals surface area contributed by atoms with E-state index in [0.29, 0.717) is 17.5 Å². The van der Waals surface area contributed by atoms with Crippen molar-refractivity contribution in [3.8, 4) is 45.3 Å². The van der Waals surface area contributed by atoms with E-state index < -0.39 is 0 Å². The third kappa shape index (κ3) is 4.04. The Bertz CT molecular complexity index is 1910. The van der Waals surface area contributed by atoms with Crippen molar-refractivity contribution in [2.24, 2.45) is 0 Å². The van der Waals surface area contributed by atoms with Crippen molar-refractivity contribution in [1.29, 1.82) is 0 Å². The van der Waals surface area contributed by atoms with Gasteiger partial charge < -0.3 is 0 Å². The molecule has 0 aliphatic heterocycles. The normalized spacial score (nSPS) is 11.2. The molecule has 1 heterocycles. The van der Waals surface area contributed by atoms with Crippen LogP contribution in [0.3, 0.4) is 0 Å².